The van der Waals surface area contributed by atoms with Crippen molar-refractivity contribution in [2.24, 2.45) is 0 Å². The van der Waals surface area contributed by atoms with E-state index in [1.807, 2.05) is 4.90 Å². The number of rotatable bonds is 6. The Bertz CT molecular complexity index is 459. The zero-order chi connectivity index (χ0) is 13.7. The van der Waals surface area contributed by atoms with E-state index in [0.717, 1.165) is 5.69 Å². The molecule has 6 nitrogen and oxygen atoms in total. The number of anilines is 1. The number of carboxylic acids is 1. The average Bonchev–Trinajstić information content (AvgIpc) is 2.28. The van der Waals surface area contributed by atoms with Crippen LogP contribution in [0.15, 0.2) is 18.2 Å². The van der Waals surface area contributed by atoms with Crippen molar-refractivity contribution in [3.8, 4) is 0 Å². The second-order valence-corrected chi connectivity index (χ2v) is 4.15. The third kappa shape index (κ3) is 3.73. The first-order chi connectivity index (χ1) is 8.41. The Hall–Kier alpha value is -2.11. The van der Waals surface area contributed by atoms with Gasteiger partial charge in [-0.3, -0.25) is 14.9 Å². The van der Waals surface area contributed by atoms with Crippen LogP contribution in [0.3, 0.4) is 0 Å². The summed E-state index contributed by atoms with van der Waals surface area (Å²) in [5, 5.41) is 19.4. The largest absolute Gasteiger partial charge is 0.481 e. The van der Waals surface area contributed by atoms with Crippen LogP contribution in [-0.4, -0.2) is 29.6 Å². The lowest BCUT2D eigenvalue weighted by molar-refractivity contribution is -0.385. The molecular formula is C12H16N2O4. The number of carboxylic acid groups (broad SMARTS) is 1. The molecule has 0 fully saturated rings. The molecule has 0 aromatic heterocycles. The van der Waals surface area contributed by atoms with Gasteiger partial charge >= 0.3 is 5.97 Å². The van der Waals surface area contributed by atoms with Crippen LogP contribution < -0.4 is 4.90 Å². The lowest BCUT2D eigenvalue weighted by Gasteiger charge is -2.18. The molecule has 1 rings (SSSR count). The van der Waals surface area contributed by atoms with Gasteiger partial charge in [0, 0.05) is 37.3 Å². The highest BCUT2D eigenvalue weighted by atomic mass is 16.6. The molecule has 1 aromatic rings. The highest BCUT2D eigenvalue weighted by Crippen LogP contribution is 2.24. The molecule has 0 atom stereocenters. The number of hydrogen-bond acceptors (Lipinski definition) is 4. The number of hydrogen-bond donors (Lipinski definition) is 1. The first kappa shape index (κ1) is 14.0. The summed E-state index contributed by atoms with van der Waals surface area (Å²) in [5.74, 6) is -0.835. The van der Waals surface area contributed by atoms with E-state index >= 15 is 0 Å². The molecule has 0 heterocycles. The zero-order valence-corrected chi connectivity index (χ0v) is 10.4. The summed E-state index contributed by atoms with van der Waals surface area (Å²) >= 11 is 0. The molecule has 0 saturated heterocycles. The molecule has 18 heavy (non-hydrogen) atoms. The van der Waals surface area contributed by atoms with Crippen molar-refractivity contribution in [1.82, 2.24) is 0 Å². The fourth-order valence-corrected chi connectivity index (χ4v) is 1.63. The van der Waals surface area contributed by atoms with Gasteiger partial charge in [0.05, 0.1) is 4.92 Å². The minimum absolute atomic E-state index is 0.0811. The van der Waals surface area contributed by atoms with Gasteiger partial charge in [-0.05, 0) is 19.4 Å². The van der Waals surface area contributed by atoms with E-state index in [2.05, 4.69) is 0 Å². The van der Waals surface area contributed by atoms with Crippen LogP contribution in [0.4, 0.5) is 11.4 Å². The van der Waals surface area contributed by atoms with E-state index in [1.54, 1.807) is 26.1 Å². The Labute approximate surface area is 105 Å². The topological polar surface area (TPSA) is 83.7 Å². The maximum absolute atomic E-state index is 10.8. The Kier molecular flexibility index (Phi) is 4.65. The van der Waals surface area contributed by atoms with Crippen LogP contribution in [0, 0.1) is 17.0 Å². The SMILES string of the molecule is Cc1ccc(N(C)CCCC(=O)O)cc1[N+](=O)[O-]. The van der Waals surface area contributed by atoms with E-state index in [1.165, 1.54) is 6.07 Å². The molecule has 0 amide bonds. The fraction of sp³-hybridized carbons (Fsp3) is 0.417. The standard InChI is InChI=1S/C12H16N2O4/c1-9-5-6-10(8-11(9)14(17)18)13(2)7-3-4-12(15)16/h5-6,8H,3-4,7H2,1-2H3,(H,15,16). The van der Waals surface area contributed by atoms with Crippen molar-refractivity contribution in [2.75, 3.05) is 18.5 Å². The van der Waals surface area contributed by atoms with Crippen molar-refractivity contribution in [3.05, 3.63) is 33.9 Å². The monoisotopic (exact) mass is 252 g/mol. The molecule has 1 aromatic carbocycles. The Morgan fingerprint density at radius 2 is 2.17 bits per heavy atom. The fourth-order valence-electron chi connectivity index (χ4n) is 1.63. The number of aliphatic carboxylic acids is 1. The first-order valence-electron chi connectivity index (χ1n) is 5.60. The highest BCUT2D eigenvalue weighted by Gasteiger charge is 2.12. The first-order valence-corrected chi connectivity index (χ1v) is 5.60. The van der Waals surface area contributed by atoms with E-state index in [0.29, 0.717) is 18.5 Å². The van der Waals surface area contributed by atoms with Gasteiger partial charge in [-0.2, -0.15) is 0 Å². The lowest BCUT2D eigenvalue weighted by atomic mass is 10.1. The number of nitro groups is 1. The molecule has 0 aliphatic rings. The third-order valence-electron chi connectivity index (χ3n) is 2.71. The molecule has 0 radical (unpaired) electrons. The summed E-state index contributed by atoms with van der Waals surface area (Å²) in [6.45, 7) is 2.23. The molecular weight excluding hydrogens is 236 g/mol. The predicted octanol–water partition coefficient (Wildman–Crippen LogP) is 2.20. The van der Waals surface area contributed by atoms with Gasteiger partial charge in [-0.15, -0.1) is 0 Å². The van der Waals surface area contributed by atoms with Crippen molar-refractivity contribution in [3.63, 3.8) is 0 Å². The van der Waals surface area contributed by atoms with Gasteiger partial charge in [0.25, 0.3) is 5.69 Å². The van der Waals surface area contributed by atoms with Gasteiger partial charge in [-0.1, -0.05) is 6.07 Å². The van der Waals surface area contributed by atoms with Crippen LogP contribution in [-0.2, 0) is 4.79 Å². The summed E-state index contributed by atoms with van der Waals surface area (Å²) < 4.78 is 0. The lowest BCUT2D eigenvalue weighted by Crippen LogP contribution is -2.19. The van der Waals surface area contributed by atoms with Crippen molar-refractivity contribution >= 4 is 17.3 Å². The summed E-state index contributed by atoms with van der Waals surface area (Å²) in [7, 11) is 1.79. The van der Waals surface area contributed by atoms with E-state index < -0.39 is 10.9 Å². The molecule has 0 aliphatic carbocycles. The van der Waals surface area contributed by atoms with Crippen LogP contribution in [0.25, 0.3) is 0 Å². The summed E-state index contributed by atoms with van der Waals surface area (Å²) in [6.07, 6.45) is 0.603. The molecule has 0 saturated carbocycles. The summed E-state index contributed by atoms with van der Waals surface area (Å²) in [6, 6.07) is 5.00. The van der Waals surface area contributed by atoms with Gasteiger partial charge in [-0.25, -0.2) is 0 Å². The molecule has 0 aliphatic heterocycles. The minimum atomic E-state index is -0.835. The summed E-state index contributed by atoms with van der Waals surface area (Å²) in [4.78, 5) is 22.6. The molecule has 0 bridgehead atoms. The van der Waals surface area contributed by atoms with E-state index in [-0.39, 0.29) is 12.1 Å². The van der Waals surface area contributed by atoms with Gasteiger partial charge in [0.1, 0.15) is 0 Å². The number of carbonyl (C=O) groups is 1. The minimum Gasteiger partial charge on any atom is -0.481 e. The third-order valence-corrected chi connectivity index (χ3v) is 2.71. The molecule has 98 valence electrons. The van der Waals surface area contributed by atoms with Gasteiger partial charge in [0.15, 0.2) is 0 Å². The molecule has 6 heteroatoms. The molecule has 1 N–H and O–H groups in total. The highest BCUT2D eigenvalue weighted by molar-refractivity contribution is 5.66. The zero-order valence-electron chi connectivity index (χ0n) is 10.4. The number of nitrogens with zero attached hydrogens (tertiary/aromatic N) is 2. The maximum Gasteiger partial charge on any atom is 0.303 e. The van der Waals surface area contributed by atoms with Crippen LogP contribution in [0.2, 0.25) is 0 Å². The molecule has 0 spiro atoms. The number of aryl methyl sites for hydroxylation is 1. The Balaban J connectivity index is 2.74. The molecule has 0 unspecified atom stereocenters. The Morgan fingerprint density at radius 3 is 2.72 bits per heavy atom. The van der Waals surface area contributed by atoms with Crippen molar-refractivity contribution in [1.29, 1.82) is 0 Å². The van der Waals surface area contributed by atoms with Crippen LogP contribution in [0.1, 0.15) is 18.4 Å². The van der Waals surface area contributed by atoms with Gasteiger partial charge < -0.3 is 10.0 Å². The second kappa shape index (κ2) is 6.00. The van der Waals surface area contributed by atoms with Crippen LogP contribution >= 0.6 is 0 Å². The maximum atomic E-state index is 10.8. The van der Waals surface area contributed by atoms with Gasteiger partial charge in [0.2, 0.25) is 0 Å². The normalized spacial score (nSPS) is 10.1. The Morgan fingerprint density at radius 1 is 1.50 bits per heavy atom. The summed E-state index contributed by atoms with van der Waals surface area (Å²) in [5.41, 5.74) is 1.41. The van der Waals surface area contributed by atoms with Crippen molar-refractivity contribution < 1.29 is 14.8 Å². The number of nitro benzene ring substituents is 1. The second-order valence-electron chi connectivity index (χ2n) is 4.15. The van der Waals surface area contributed by atoms with Crippen LogP contribution in [0.5, 0.6) is 0 Å². The quantitative estimate of drug-likeness (QED) is 0.619. The average molecular weight is 252 g/mol. The van der Waals surface area contributed by atoms with Crippen molar-refractivity contribution in [2.45, 2.75) is 19.8 Å². The van der Waals surface area contributed by atoms with E-state index in [4.69, 9.17) is 5.11 Å². The van der Waals surface area contributed by atoms with E-state index in [9.17, 15) is 14.9 Å². The predicted molar refractivity (Wildman–Crippen MR) is 68.0 cm³/mol. The number of benzene rings is 1. The smallest absolute Gasteiger partial charge is 0.303 e.